The van der Waals surface area contributed by atoms with Crippen molar-refractivity contribution in [2.75, 3.05) is 7.11 Å². The maximum Gasteiger partial charge on any atom is 0.337 e. The number of benzene rings is 2. The molecule has 0 aromatic heterocycles. The van der Waals surface area contributed by atoms with Gasteiger partial charge in [0.2, 0.25) is 0 Å². The second-order valence-electron chi connectivity index (χ2n) is 4.09. The van der Waals surface area contributed by atoms with Crippen LogP contribution in [0.2, 0.25) is 0 Å². The first-order chi connectivity index (χ1) is 9.67. The molecule has 102 valence electrons. The third-order valence-corrected chi connectivity index (χ3v) is 2.88. The molecule has 0 amide bonds. The molecule has 20 heavy (non-hydrogen) atoms. The van der Waals surface area contributed by atoms with E-state index >= 15 is 0 Å². The number of phenols is 1. The van der Waals surface area contributed by atoms with Crippen LogP contribution in [0, 0.1) is 0 Å². The van der Waals surface area contributed by atoms with Crippen LogP contribution in [-0.4, -0.2) is 24.4 Å². The number of hydrazone groups is 1. The van der Waals surface area contributed by atoms with E-state index in [4.69, 9.17) is 5.84 Å². The number of rotatable bonds is 3. The summed E-state index contributed by atoms with van der Waals surface area (Å²) in [6, 6.07) is 12.0. The number of hydrogen-bond donors (Lipinski definition) is 2. The smallest absolute Gasteiger partial charge is 0.337 e. The predicted octanol–water partition coefficient (Wildman–Crippen LogP) is 2.14. The van der Waals surface area contributed by atoms with Crippen molar-refractivity contribution in [3.63, 3.8) is 0 Å². The van der Waals surface area contributed by atoms with E-state index in [1.54, 1.807) is 42.5 Å². The Kier molecular flexibility index (Phi) is 4.00. The van der Waals surface area contributed by atoms with E-state index in [0.717, 1.165) is 0 Å². The summed E-state index contributed by atoms with van der Waals surface area (Å²) in [7, 11) is 1.32. The van der Waals surface area contributed by atoms with Crippen LogP contribution in [0.4, 0.5) is 0 Å². The summed E-state index contributed by atoms with van der Waals surface area (Å²) in [4.78, 5) is 11.5. The van der Waals surface area contributed by atoms with Gasteiger partial charge in [0, 0.05) is 11.1 Å². The summed E-state index contributed by atoms with van der Waals surface area (Å²) in [5, 5.41) is 13.6. The first-order valence-corrected chi connectivity index (χ1v) is 5.91. The summed E-state index contributed by atoms with van der Waals surface area (Å²) in [5.74, 6) is 4.73. The fourth-order valence-electron chi connectivity index (χ4n) is 1.91. The third kappa shape index (κ3) is 2.61. The molecule has 0 saturated carbocycles. The van der Waals surface area contributed by atoms with Gasteiger partial charge >= 0.3 is 5.97 Å². The van der Waals surface area contributed by atoms with Crippen LogP contribution in [0.15, 0.2) is 47.6 Å². The molecule has 0 unspecified atom stereocenters. The number of carbonyl (C=O) groups is 1. The summed E-state index contributed by atoms with van der Waals surface area (Å²) >= 11 is 0. The lowest BCUT2D eigenvalue weighted by Gasteiger charge is -2.08. The van der Waals surface area contributed by atoms with Crippen LogP contribution in [-0.2, 0) is 4.74 Å². The van der Waals surface area contributed by atoms with Crippen molar-refractivity contribution in [2.24, 2.45) is 10.9 Å². The lowest BCUT2D eigenvalue weighted by Crippen LogP contribution is -2.00. The summed E-state index contributed by atoms with van der Waals surface area (Å²) in [5.41, 5.74) is 2.22. The lowest BCUT2D eigenvalue weighted by molar-refractivity contribution is 0.0601. The number of esters is 1. The molecule has 0 aliphatic rings. The molecule has 0 fully saturated rings. The molecule has 0 spiro atoms. The zero-order valence-corrected chi connectivity index (χ0v) is 10.9. The molecule has 2 rings (SSSR count). The number of ether oxygens (including phenoxy) is 1. The van der Waals surface area contributed by atoms with Crippen LogP contribution in [0.3, 0.4) is 0 Å². The molecule has 2 aromatic carbocycles. The fourth-order valence-corrected chi connectivity index (χ4v) is 1.91. The Bertz CT molecular complexity index is 666. The number of nitrogens with zero attached hydrogens (tertiary/aromatic N) is 1. The van der Waals surface area contributed by atoms with Gasteiger partial charge in [0.15, 0.2) is 0 Å². The number of methoxy groups -OCH3 is 1. The van der Waals surface area contributed by atoms with Crippen LogP contribution in [0.25, 0.3) is 11.1 Å². The van der Waals surface area contributed by atoms with Crippen molar-refractivity contribution in [2.45, 2.75) is 0 Å². The van der Waals surface area contributed by atoms with Crippen LogP contribution >= 0.6 is 0 Å². The molecular formula is C15H14N2O3. The van der Waals surface area contributed by atoms with Crippen molar-refractivity contribution in [3.05, 3.63) is 53.6 Å². The summed E-state index contributed by atoms with van der Waals surface area (Å²) in [6.07, 6.45) is 1.36. The highest BCUT2D eigenvalue weighted by atomic mass is 16.5. The molecule has 5 nitrogen and oxygen atoms in total. The van der Waals surface area contributed by atoms with Crippen molar-refractivity contribution in [1.82, 2.24) is 0 Å². The lowest BCUT2D eigenvalue weighted by atomic mass is 10.00. The third-order valence-electron chi connectivity index (χ3n) is 2.88. The Balaban J connectivity index is 2.52. The Labute approximate surface area is 116 Å². The van der Waals surface area contributed by atoms with E-state index in [1.807, 2.05) is 0 Å². The molecule has 0 atom stereocenters. The second-order valence-corrected chi connectivity index (χ2v) is 4.09. The highest BCUT2D eigenvalue weighted by Crippen LogP contribution is 2.31. The first-order valence-electron chi connectivity index (χ1n) is 5.91. The molecule has 3 N–H and O–H groups in total. The number of nitrogens with two attached hydrogens (primary N) is 1. The minimum atomic E-state index is -0.425. The standard InChI is InChI=1S/C15H14N2O3/c1-20-15(19)11-5-2-4-10(8-11)13-7-3-6-12(9-17-16)14(13)18/h2-9,18H,16H2,1H3. The Morgan fingerprint density at radius 1 is 1.30 bits per heavy atom. The van der Waals surface area contributed by atoms with Gasteiger partial charge in [-0.3, -0.25) is 0 Å². The SMILES string of the molecule is COC(=O)c1cccc(-c2cccc(C=NN)c2O)c1. The van der Waals surface area contributed by atoms with E-state index in [0.29, 0.717) is 22.3 Å². The summed E-state index contributed by atoms with van der Waals surface area (Å²) in [6.45, 7) is 0. The van der Waals surface area contributed by atoms with Gasteiger partial charge < -0.3 is 15.7 Å². The molecule has 2 aromatic rings. The van der Waals surface area contributed by atoms with Crippen molar-refractivity contribution in [1.29, 1.82) is 0 Å². The Morgan fingerprint density at radius 3 is 2.75 bits per heavy atom. The van der Waals surface area contributed by atoms with E-state index in [9.17, 15) is 9.90 Å². The summed E-state index contributed by atoms with van der Waals surface area (Å²) < 4.78 is 4.68. The largest absolute Gasteiger partial charge is 0.507 e. The molecule has 0 saturated heterocycles. The number of para-hydroxylation sites is 1. The second kappa shape index (κ2) is 5.88. The quantitative estimate of drug-likeness (QED) is 0.387. The van der Waals surface area contributed by atoms with Crippen LogP contribution in [0.1, 0.15) is 15.9 Å². The minimum absolute atomic E-state index is 0.0590. The van der Waals surface area contributed by atoms with Gasteiger partial charge in [0.25, 0.3) is 0 Å². The molecule has 0 heterocycles. The van der Waals surface area contributed by atoms with Gasteiger partial charge in [-0.15, -0.1) is 0 Å². The van der Waals surface area contributed by atoms with Crippen LogP contribution in [0.5, 0.6) is 5.75 Å². The fraction of sp³-hybridized carbons (Fsp3) is 0.0667. The number of phenolic OH excluding ortho intramolecular Hbond substituents is 1. The number of carbonyl (C=O) groups excluding carboxylic acids is 1. The maximum absolute atomic E-state index is 11.5. The minimum Gasteiger partial charge on any atom is -0.507 e. The molecule has 0 radical (unpaired) electrons. The van der Waals surface area contributed by atoms with Crippen LogP contribution < -0.4 is 5.84 Å². The average Bonchev–Trinajstić information content (AvgIpc) is 2.49. The van der Waals surface area contributed by atoms with Gasteiger partial charge in [0.1, 0.15) is 5.75 Å². The molecule has 0 bridgehead atoms. The van der Waals surface area contributed by atoms with Crippen molar-refractivity contribution >= 4 is 12.2 Å². The van der Waals surface area contributed by atoms with Crippen molar-refractivity contribution < 1.29 is 14.6 Å². The maximum atomic E-state index is 11.5. The molecule has 5 heteroatoms. The zero-order chi connectivity index (χ0) is 14.5. The Morgan fingerprint density at radius 2 is 2.05 bits per heavy atom. The van der Waals surface area contributed by atoms with E-state index in [-0.39, 0.29) is 5.75 Å². The number of hydrogen-bond acceptors (Lipinski definition) is 5. The first kappa shape index (κ1) is 13.6. The highest BCUT2D eigenvalue weighted by molar-refractivity contribution is 5.92. The van der Waals surface area contributed by atoms with E-state index in [1.165, 1.54) is 13.3 Å². The van der Waals surface area contributed by atoms with Crippen molar-refractivity contribution in [3.8, 4) is 16.9 Å². The predicted molar refractivity (Wildman–Crippen MR) is 76.7 cm³/mol. The normalized spacial score (nSPS) is 10.7. The van der Waals surface area contributed by atoms with Gasteiger partial charge in [-0.1, -0.05) is 24.3 Å². The van der Waals surface area contributed by atoms with Gasteiger partial charge in [-0.05, 0) is 23.8 Å². The van der Waals surface area contributed by atoms with Gasteiger partial charge in [0.05, 0.1) is 18.9 Å². The Hall–Kier alpha value is -2.82. The molecule has 0 aliphatic carbocycles. The van der Waals surface area contributed by atoms with E-state index < -0.39 is 5.97 Å². The highest BCUT2D eigenvalue weighted by Gasteiger charge is 2.11. The average molecular weight is 270 g/mol. The number of aromatic hydroxyl groups is 1. The topological polar surface area (TPSA) is 84.9 Å². The van der Waals surface area contributed by atoms with Gasteiger partial charge in [-0.2, -0.15) is 5.10 Å². The monoisotopic (exact) mass is 270 g/mol. The zero-order valence-electron chi connectivity index (χ0n) is 10.9. The molecular weight excluding hydrogens is 256 g/mol. The molecule has 0 aliphatic heterocycles. The van der Waals surface area contributed by atoms with E-state index in [2.05, 4.69) is 9.84 Å². The van der Waals surface area contributed by atoms with Gasteiger partial charge in [-0.25, -0.2) is 4.79 Å².